The zero-order valence-corrected chi connectivity index (χ0v) is 18.8. The second kappa shape index (κ2) is 9.60. The molecule has 1 aliphatic heterocycles. The molecule has 0 bridgehead atoms. The maximum absolute atomic E-state index is 13.5. The molecule has 0 spiro atoms. The first kappa shape index (κ1) is 21.5. The zero-order valence-electron chi connectivity index (χ0n) is 18.1. The first-order valence-corrected chi connectivity index (χ1v) is 11.3. The van der Waals surface area contributed by atoms with Crippen molar-refractivity contribution >= 4 is 28.5 Å². The minimum Gasteiger partial charge on any atom is -0.454 e. The van der Waals surface area contributed by atoms with Crippen LogP contribution in [0.5, 0.6) is 11.5 Å². The van der Waals surface area contributed by atoms with Crippen molar-refractivity contribution in [3.63, 3.8) is 0 Å². The lowest BCUT2D eigenvalue weighted by atomic mass is 10.1. The Labute approximate surface area is 187 Å². The molecule has 0 unspecified atom stereocenters. The third-order valence-corrected chi connectivity index (χ3v) is 5.74. The molecule has 0 atom stereocenters. The number of carbonyl (C=O) groups is 1. The van der Waals surface area contributed by atoms with Crippen molar-refractivity contribution in [1.82, 2.24) is 14.5 Å². The Hall–Kier alpha value is -2.73. The number of fused-ring (bicyclic) bond motifs is 2. The number of ether oxygens (including phenoxy) is 2. The van der Waals surface area contributed by atoms with Crippen molar-refractivity contribution in [3.05, 3.63) is 52.8 Å². The summed E-state index contributed by atoms with van der Waals surface area (Å²) in [7, 11) is 0. The number of aryl methyl sites for hydroxylation is 1. The molecule has 0 saturated heterocycles. The molecule has 0 saturated carbocycles. The Kier molecular flexibility index (Phi) is 6.66. The third kappa shape index (κ3) is 4.64. The Morgan fingerprint density at radius 2 is 1.94 bits per heavy atom. The van der Waals surface area contributed by atoms with Crippen molar-refractivity contribution < 1.29 is 14.3 Å². The summed E-state index contributed by atoms with van der Waals surface area (Å²) in [6, 6.07) is 11.1. The van der Waals surface area contributed by atoms with Crippen LogP contribution in [0.4, 0.5) is 0 Å². The monoisotopic (exact) mass is 441 g/mol. The number of hydrogen-bond donors (Lipinski definition) is 0. The minimum absolute atomic E-state index is 0.0254. The number of hydrogen-bond acceptors (Lipinski definition) is 4. The van der Waals surface area contributed by atoms with Gasteiger partial charge in [-0.05, 0) is 49.2 Å². The highest BCUT2D eigenvalue weighted by atomic mass is 35.5. The molecule has 31 heavy (non-hydrogen) atoms. The quantitative estimate of drug-likeness (QED) is 0.402. The Morgan fingerprint density at radius 1 is 1.10 bits per heavy atom. The molecule has 0 fully saturated rings. The number of amides is 1. The van der Waals surface area contributed by atoms with E-state index in [0.29, 0.717) is 35.2 Å². The number of nitrogens with zero attached hydrogens (tertiary/aromatic N) is 3. The Morgan fingerprint density at radius 3 is 2.74 bits per heavy atom. The van der Waals surface area contributed by atoms with E-state index >= 15 is 0 Å². The number of benzene rings is 2. The molecule has 0 radical (unpaired) electrons. The van der Waals surface area contributed by atoms with Gasteiger partial charge in [-0.2, -0.15) is 0 Å². The molecule has 0 N–H and O–H groups in total. The SMILES string of the molecule is CCCCCN(Cc1nc2ccc(Cl)cc2n1CCC)C(=O)c1ccc2c(c1)OCO2. The van der Waals surface area contributed by atoms with Crippen molar-refractivity contribution in [2.45, 2.75) is 52.6 Å². The molecular formula is C24H28ClN3O3. The fourth-order valence-electron chi connectivity index (χ4n) is 3.93. The fraction of sp³-hybridized carbons (Fsp3) is 0.417. The molecule has 1 amide bonds. The van der Waals surface area contributed by atoms with Gasteiger partial charge in [-0.25, -0.2) is 4.98 Å². The first-order valence-electron chi connectivity index (χ1n) is 10.9. The van der Waals surface area contributed by atoms with E-state index in [1.807, 2.05) is 23.1 Å². The van der Waals surface area contributed by atoms with Crippen LogP contribution < -0.4 is 9.47 Å². The molecule has 3 aromatic rings. The summed E-state index contributed by atoms with van der Waals surface area (Å²) in [5.41, 5.74) is 2.51. The number of aromatic nitrogens is 2. The van der Waals surface area contributed by atoms with Crippen LogP contribution in [-0.4, -0.2) is 33.7 Å². The number of unbranched alkanes of at least 4 members (excludes halogenated alkanes) is 2. The summed E-state index contributed by atoms with van der Waals surface area (Å²) in [4.78, 5) is 20.2. The summed E-state index contributed by atoms with van der Waals surface area (Å²) in [6.07, 6.45) is 4.09. The molecular weight excluding hydrogens is 414 g/mol. The molecule has 0 aliphatic carbocycles. The molecule has 4 rings (SSSR count). The zero-order chi connectivity index (χ0) is 21.8. The van der Waals surface area contributed by atoms with Gasteiger partial charge in [0.05, 0.1) is 17.6 Å². The van der Waals surface area contributed by atoms with E-state index in [9.17, 15) is 4.79 Å². The van der Waals surface area contributed by atoms with Crippen LogP contribution in [0.25, 0.3) is 11.0 Å². The summed E-state index contributed by atoms with van der Waals surface area (Å²) in [5.74, 6) is 2.15. The fourth-order valence-corrected chi connectivity index (χ4v) is 4.09. The molecule has 1 aliphatic rings. The average Bonchev–Trinajstić information content (AvgIpc) is 3.37. The van der Waals surface area contributed by atoms with Gasteiger partial charge in [0.25, 0.3) is 5.91 Å². The normalized spacial score (nSPS) is 12.5. The van der Waals surface area contributed by atoms with Crippen LogP contribution in [-0.2, 0) is 13.1 Å². The summed E-state index contributed by atoms with van der Waals surface area (Å²) >= 11 is 6.24. The van der Waals surface area contributed by atoms with Crippen molar-refractivity contribution in [3.8, 4) is 11.5 Å². The smallest absolute Gasteiger partial charge is 0.254 e. The van der Waals surface area contributed by atoms with Gasteiger partial charge in [-0.15, -0.1) is 0 Å². The van der Waals surface area contributed by atoms with Gasteiger partial charge >= 0.3 is 0 Å². The minimum atomic E-state index is -0.0254. The van der Waals surface area contributed by atoms with E-state index in [0.717, 1.165) is 49.1 Å². The molecule has 7 heteroatoms. The standard InChI is InChI=1S/C24H28ClN3O3/c1-3-5-6-12-27(24(29)17-7-10-21-22(13-17)31-16-30-21)15-23-26-19-9-8-18(25)14-20(19)28(23)11-4-2/h7-10,13-14H,3-6,11-12,15-16H2,1-2H3. The van der Waals surface area contributed by atoms with E-state index in [2.05, 4.69) is 18.4 Å². The number of carbonyl (C=O) groups excluding carboxylic acids is 1. The van der Waals surface area contributed by atoms with Crippen molar-refractivity contribution in [1.29, 1.82) is 0 Å². The van der Waals surface area contributed by atoms with Crippen LogP contribution in [0.3, 0.4) is 0 Å². The van der Waals surface area contributed by atoms with Gasteiger partial charge in [0.15, 0.2) is 11.5 Å². The first-order chi connectivity index (χ1) is 15.1. The summed E-state index contributed by atoms with van der Waals surface area (Å²) in [5, 5.41) is 0.688. The second-order valence-electron chi connectivity index (χ2n) is 7.81. The maximum Gasteiger partial charge on any atom is 0.254 e. The van der Waals surface area contributed by atoms with Gasteiger partial charge in [0.1, 0.15) is 5.82 Å². The van der Waals surface area contributed by atoms with E-state index < -0.39 is 0 Å². The van der Waals surface area contributed by atoms with Crippen molar-refractivity contribution in [2.24, 2.45) is 0 Å². The van der Waals surface area contributed by atoms with E-state index in [1.165, 1.54) is 0 Å². The lowest BCUT2D eigenvalue weighted by Gasteiger charge is -2.23. The predicted molar refractivity (Wildman–Crippen MR) is 122 cm³/mol. The molecule has 2 aromatic carbocycles. The summed E-state index contributed by atoms with van der Waals surface area (Å²) < 4.78 is 13.0. The number of halogens is 1. The van der Waals surface area contributed by atoms with Gasteiger partial charge in [-0.3, -0.25) is 4.79 Å². The number of rotatable bonds is 9. The molecule has 1 aromatic heterocycles. The Bertz CT molecular complexity index is 1080. The van der Waals surface area contributed by atoms with Gasteiger partial charge in [-0.1, -0.05) is 38.3 Å². The lowest BCUT2D eigenvalue weighted by molar-refractivity contribution is 0.0733. The second-order valence-corrected chi connectivity index (χ2v) is 8.25. The molecule has 6 nitrogen and oxygen atoms in total. The highest BCUT2D eigenvalue weighted by molar-refractivity contribution is 6.31. The Balaban J connectivity index is 1.65. The van der Waals surface area contributed by atoms with E-state index in [-0.39, 0.29) is 12.7 Å². The van der Waals surface area contributed by atoms with Crippen LogP contribution in [0, 0.1) is 0 Å². The highest BCUT2D eigenvalue weighted by Gasteiger charge is 2.22. The molecule has 2 heterocycles. The number of imidazole rings is 1. The maximum atomic E-state index is 13.5. The van der Waals surface area contributed by atoms with Crippen LogP contribution >= 0.6 is 11.6 Å². The highest BCUT2D eigenvalue weighted by Crippen LogP contribution is 2.33. The van der Waals surface area contributed by atoms with Gasteiger partial charge < -0.3 is 18.9 Å². The van der Waals surface area contributed by atoms with E-state index in [4.69, 9.17) is 26.1 Å². The molecule has 164 valence electrons. The van der Waals surface area contributed by atoms with Crippen LogP contribution in [0.15, 0.2) is 36.4 Å². The van der Waals surface area contributed by atoms with Crippen LogP contribution in [0.1, 0.15) is 55.7 Å². The predicted octanol–water partition coefficient (Wildman–Crippen LogP) is 5.66. The van der Waals surface area contributed by atoms with Gasteiger partial charge in [0, 0.05) is 23.7 Å². The van der Waals surface area contributed by atoms with Crippen LogP contribution in [0.2, 0.25) is 5.02 Å². The summed E-state index contributed by atoms with van der Waals surface area (Å²) in [6.45, 7) is 6.44. The van der Waals surface area contributed by atoms with Gasteiger partial charge in [0.2, 0.25) is 6.79 Å². The van der Waals surface area contributed by atoms with E-state index in [1.54, 1.807) is 18.2 Å². The average molecular weight is 442 g/mol. The van der Waals surface area contributed by atoms with Crippen molar-refractivity contribution in [2.75, 3.05) is 13.3 Å². The topological polar surface area (TPSA) is 56.6 Å². The third-order valence-electron chi connectivity index (χ3n) is 5.51. The largest absolute Gasteiger partial charge is 0.454 e. The lowest BCUT2D eigenvalue weighted by Crippen LogP contribution is -2.32.